The van der Waals surface area contributed by atoms with E-state index >= 15 is 0 Å². The second-order valence-corrected chi connectivity index (χ2v) is 3.83. The lowest BCUT2D eigenvalue weighted by molar-refractivity contribution is -0.138. The van der Waals surface area contributed by atoms with Gasteiger partial charge in [-0.2, -0.15) is 13.2 Å². The summed E-state index contributed by atoms with van der Waals surface area (Å²) in [5.41, 5.74) is 0. The highest BCUT2D eigenvalue weighted by Crippen LogP contribution is 2.31. The molecule has 1 saturated carbocycles. The monoisotopic (exact) mass is 196 g/mol. The Morgan fingerprint density at radius 3 is 2.08 bits per heavy atom. The van der Waals surface area contributed by atoms with Gasteiger partial charge in [0.15, 0.2) is 0 Å². The van der Waals surface area contributed by atoms with Crippen molar-refractivity contribution < 1.29 is 18.3 Å². The predicted octanol–water partition coefficient (Wildman–Crippen LogP) is 2.88. The number of hydrogen-bond donors (Lipinski definition) is 1. The van der Waals surface area contributed by atoms with Gasteiger partial charge in [-0.05, 0) is 38.0 Å². The van der Waals surface area contributed by atoms with Crippen molar-refractivity contribution in [2.45, 2.75) is 50.8 Å². The maximum absolute atomic E-state index is 11.8. The fourth-order valence-electron chi connectivity index (χ4n) is 1.80. The van der Waals surface area contributed by atoms with Crippen molar-refractivity contribution in [3.05, 3.63) is 0 Å². The van der Waals surface area contributed by atoms with Gasteiger partial charge in [-0.25, -0.2) is 0 Å². The Kier molecular flexibility index (Phi) is 3.59. The van der Waals surface area contributed by atoms with Crippen LogP contribution < -0.4 is 0 Å². The zero-order valence-electron chi connectivity index (χ0n) is 7.48. The van der Waals surface area contributed by atoms with Crippen LogP contribution in [0.3, 0.4) is 0 Å². The van der Waals surface area contributed by atoms with E-state index in [2.05, 4.69) is 0 Å². The number of alkyl halides is 3. The lowest BCUT2D eigenvalue weighted by Gasteiger charge is -2.25. The van der Waals surface area contributed by atoms with Gasteiger partial charge < -0.3 is 5.11 Å². The zero-order valence-corrected chi connectivity index (χ0v) is 7.48. The zero-order chi connectivity index (χ0) is 9.90. The van der Waals surface area contributed by atoms with E-state index in [1.807, 2.05) is 0 Å². The predicted molar refractivity (Wildman–Crippen MR) is 43.3 cm³/mol. The summed E-state index contributed by atoms with van der Waals surface area (Å²) in [5, 5.41) is 9.13. The van der Waals surface area contributed by atoms with Crippen LogP contribution in [0.5, 0.6) is 0 Å². The molecule has 0 heterocycles. The summed E-state index contributed by atoms with van der Waals surface area (Å²) in [5.74, 6) is 0.171. The molecule has 1 fully saturated rings. The Labute approximate surface area is 75.9 Å². The van der Waals surface area contributed by atoms with E-state index in [9.17, 15) is 13.2 Å². The lowest BCUT2D eigenvalue weighted by Crippen LogP contribution is -2.20. The average Bonchev–Trinajstić information content (AvgIpc) is 2.02. The van der Waals surface area contributed by atoms with Crippen LogP contribution in [0, 0.1) is 5.92 Å². The molecule has 1 rings (SSSR count). The molecule has 0 aromatic carbocycles. The Morgan fingerprint density at radius 2 is 1.62 bits per heavy atom. The van der Waals surface area contributed by atoms with Crippen LogP contribution >= 0.6 is 0 Å². The molecule has 0 atom stereocenters. The second-order valence-electron chi connectivity index (χ2n) is 3.83. The van der Waals surface area contributed by atoms with Crippen molar-refractivity contribution in [1.82, 2.24) is 0 Å². The number of halogens is 3. The van der Waals surface area contributed by atoms with Crippen molar-refractivity contribution in [2.75, 3.05) is 0 Å². The van der Waals surface area contributed by atoms with Crippen molar-refractivity contribution in [3.8, 4) is 0 Å². The van der Waals surface area contributed by atoms with Crippen LogP contribution in [0.25, 0.3) is 0 Å². The van der Waals surface area contributed by atoms with Gasteiger partial charge >= 0.3 is 6.18 Å². The maximum Gasteiger partial charge on any atom is 0.389 e. The van der Waals surface area contributed by atoms with Crippen LogP contribution in [0.2, 0.25) is 0 Å². The highest BCUT2D eigenvalue weighted by molar-refractivity contribution is 4.72. The van der Waals surface area contributed by atoms with Gasteiger partial charge in [0.1, 0.15) is 0 Å². The minimum absolute atomic E-state index is 0.171. The normalized spacial score (nSPS) is 30.5. The standard InChI is InChI=1S/C9H15F3O/c10-9(11,12)6-5-7-1-3-8(13)4-2-7/h7-8,13H,1-6H2. The van der Waals surface area contributed by atoms with Gasteiger partial charge in [0.2, 0.25) is 0 Å². The molecule has 0 bridgehead atoms. The molecule has 0 spiro atoms. The molecule has 13 heavy (non-hydrogen) atoms. The topological polar surface area (TPSA) is 20.2 Å². The fourth-order valence-corrected chi connectivity index (χ4v) is 1.80. The van der Waals surface area contributed by atoms with Gasteiger partial charge in [0.25, 0.3) is 0 Å². The van der Waals surface area contributed by atoms with Crippen molar-refractivity contribution in [2.24, 2.45) is 5.92 Å². The molecule has 0 amide bonds. The van der Waals surface area contributed by atoms with Gasteiger partial charge in [-0.3, -0.25) is 0 Å². The molecule has 0 aromatic rings. The Bertz CT molecular complexity index is 147. The number of aliphatic hydroxyl groups excluding tert-OH is 1. The molecule has 1 nitrogen and oxygen atoms in total. The van der Waals surface area contributed by atoms with Crippen LogP contribution in [0.1, 0.15) is 38.5 Å². The largest absolute Gasteiger partial charge is 0.393 e. The van der Waals surface area contributed by atoms with E-state index in [0.717, 1.165) is 12.8 Å². The first-order valence-electron chi connectivity index (χ1n) is 4.72. The van der Waals surface area contributed by atoms with Crippen LogP contribution in [-0.4, -0.2) is 17.4 Å². The number of hydrogen-bond acceptors (Lipinski definition) is 1. The summed E-state index contributed by atoms with van der Waals surface area (Å²) >= 11 is 0. The van der Waals surface area contributed by atoms with Gasteiger partial charge in [0.05, 0.1) is 6.10 Å². The molecule has 0 aromatic heterocycles. The fraction of sp³-hybridized carbons (Fsp3) is 1.00. The molecular weight excluding hydrogens is 181 g/mol. The minimum atomic E-state index is -4.02. The third-order valence-electron chi connectivity index (χ3n) is 2.65. The minimum Gasteiger partial charge on any atom is -0.393 e. The third-order valence-corrected chi connectivity index (χ3v) is 2.65. The van der Waals surface area contributed by atoms with Crippen molar-refractivity contribution in [3.63, 3.8) is 0 Å². The SMILES string of the molecule is OC1CCC(CCC(F)(F)F)CC1. The molecule has 1 aliphatic carbocycles. The molecule has 1 aliphatic rings. The van der Waals surface area contributed by atoms with Gasteiger partial charge in [-0.1, -0.05) is 0 Å². The molecule has 0 aliphatic heterocycles. The molecule has 1 N–H and O–H groups in total. The third kappa shape index (κ3) is 4.50. The summed E-state index contributed by atoms with van der Waals surface area (Å²) in [6, 6.07) is 0. The van der Waals surface area contributed by atoms with E-state index in [1.165, 1.54) is 0 Å². The van der Waals surface area contributed by atoms with E-state index in [1.54, 1.807) is 0 Å². The molecular formula is C9H15F3O. The molecule has 0 radical (unpaired) electrons. The van der Waals surface area contributed by atoms with Gasteiger partial charge in [0, 0.05) is 6.42 Å². The lowest BCUT2D eigenvalue weighted by atomic mass is 9.84. The summed E-state index contributed by atoms with van der Waals surface area (Å²) < 4.78 is 35.5. The number of rotatable bonds is 2. The van der Waals surface area contributed by atoms with Crippen molar-refractivity contribution in [1.29, 1.82) is 0 Å². The van der Waals surface area contributed by atoms with Crippen LogP contribution in [0.4, 0.5) is 13.2 Å². The first-order valence-corrected chi connectivity index (χ1v) is 4.72. The maximum atomic E-state index is 11.8. The van der Waals surface area contributed by atoms with E-state index < -0.39 is 12.6 Å². The Hall–Kier alpha value is -0.250. The molecule has 0 unspecified atom stereocenters. The van der Waals surface area contributed by atoms with Crippen LogP contribution in [-0.2, 0) is 0 Å². The first kappa shape index (κ1) is 10.8. The smallest absolute Gasteiger partial charge is 0.389 e. The first-order chi connectivity index (χ1) is 5.97. The quantitative estimate of drug-likeness (QED) is 0.720. The number of aliphatic hydroxyl groups is 1. The van der Waals surface area contributed by atoms with E-state index in [0.29, 0.717) is 12.8 Å². The second kappa shape index (κ2) is 4.31. The van der Waals surface area contributed by atoms with Crippen LogP contribution in [0.15, 0.2) is 0 Å². The van der Waals surface area contributed by atoms with Crippen molar-refractivity contribution >= 4 is 0 Å². The molecule has 78 valence electrons. The summed E-state index contributed by atoms with van der Waals surface area (Å²) in [6.07, 6.45) is -1.90. The van der Waals surface area contributed by atoms with E-state index in [4.69, 9.17) is 5.11 Å². The molecule has 0 saturated heterocycles. The summed E-state index contributed by atoms with van der Waals surface area (Å²) in [6.45, 7) is 0. The Morgan fingerprint density at radius 1 is 1.08 bits per heavy atom. The summed E-state index contributed by atoms with van der Waals surface area (Å²) in [4.78, 5) is 0. The highest BCUT2D eigenvalue weighted by Gasteiger charge is 2.29. The highest BCUT2D eigenvalue weighted by atomic mass is 19.4. The Balaban J connectivity index is 2.16. The van der Waals surface area contributed by atoms with Gasteiger partial charge in [-0.15, -0.1) is 0 Å². The van der Waals surface area contributed by atoms with E-state index in [-0.39, 0.29) is 18.4 Å². The average molecular weight is 196 g/mol. The summed E-state index contributed by atoms with van der Waals surface area (Å²) in [7, 11) is 0. The molecule has 4 heteroatoms.